The minimum Gasteiger partial charge on any atom is -0.478 e. The van der Waals surface area contributed by atoms with E-state index in [0.29, 0.717) is 16.8 Å². The maximum absolute atomic E-state index is 11.7. The summed E-state index contributed by atoms with van der Waals surface area (Å²) in [5.74, 6) is -1.19. The third kappa shape index (κ3) is 4.45. The smallest absolute Gasteiger partial charge is 0.412 e. The first-order valence-electron chi connectivity index (χ1n) is 7.22. The average Bonchev–Trinajstić information content (AvgIpc) is 2.46. The predicted molar refractivity (Wildman–Crippen MR) is 89.3 cm³/mol. The third-order valence-corrected chi connectivity index (χ3v) is 3.00. The Labute approximate surface area is 138 Å². The number of carbonyl (C=O) groups is 2. The monoisotopic (exact) mass is 330 g/mol. The molecule has 24 heavy (non-hydrogen) atoms. The molecule has 3 N–H and O–H groups in total. The minimum atomic E-state index is -1.19. The highest BCUT2D eigenvalue weighted by atomic mass is 16.6. The number of hydrogen-bond acceptors (Lipinski definition) is 4. The van der Waals surface area contributed by atoms with E-state index in [1.807, 2.05) is 0 Å². The van der Waals surface area contributed by atoms with Crippen molar-refractivity contribution in [3.8, 4) is 11.1 Å². The van der Waals surface area contributed by atoms with Gasteiger partial charge in [-0.2, -0.15) is 0 Å². The zero-order valence-electron chi connectivity index (χ0n) is 13.5. The van der Waals surface area contributed by atoms with Crippen LogP contribution in [-0.2, 0) is 4.74 Å². The van der Waals surface area contributed by atoms with Crippen molar-refractivity contribution >= 4 is 17.7 Å². The zero-order chi connectivity index (χ0) is 17.9. The van der Waals surface area contributed by atoms with Crippen LogP contribution in [0.2, 0.25) is 0 Å². The van der Waals surface area contributed by atoms with E-state index < -0.39 is 23.2 Å². The van der Waals surface area contributed by atoms with E-state index in [2.05, 4.69) is 10.3 Å². The summed E-state index contributed by atoms with van der Waals surface area (Å²) < 4.78 is 5.15. The summed E-state index contributed by atoms with van der Waals surface area (Å²) in [5.41, 5.74) is 0.306. The van der Waals surface area contributed by atoms with Crippen LogP contribution in [0.15, 0.2) is 41.3 Å². The number of H-pyrrole nitrogens is 1. The number of carboxylic acid groups (broad SMARTS) is 1. The number of carboxylic acids is 1. The molecule has 0 aliphatic heterocycles. The largest absolute Gasteiger partial charge is 0.478 e. The van der Waals surface area contributed by atoms with Gasteiger partial charge in [-0.25, -0.2) is 9.59 Å². The van der Waals surface area contributed by atoms with Crippen molar-refractivity contribution in [2.45, 2.75) is 26.4 Å². The van der Waals surface area contributed by atoms with Crippen molar-refractivity contribution in [2.24, 2.45) is 0 Å². The van der Waals surface area contributed by atoms with E-state index in [4.69, 9.17) is 4.74 Å². The van der Waals surface area contributed by atoms with Crippen LogP contribution in [0.25, 0.3) is 11.1 Å². The number of aromatic nitrogens is 1. The van der Waals surface area contributed by atoms with Gasteiger partial charge < -0.3 is 14.8 Å². The van der Waals surface area contributed by atoms with Gasteiger partial charge >= 0.3 is 12.1 Å². The molecule has 1 aromatic heterocycles. The van der Waals surface area contributed by atoms with E-state index in [0.717, 1.165) is 6.07 Å². The highest BCUT2D eigenvalue weighted by molar-refractivity contribution is 5.96. The first kappa shape index (κ1) is 17.3. The number of benzene rings is 1. The first-order chi connectivity index (χ1) is 11.2. The second-order valence-corrected chi connectivity index (χ2v) is 6.13. The molecule has 0 fully saturated rings. The highest BCUT2D eigenvalue weighted by Gasteiger charge is 2.16. The average molecular weight is 330 g/mol. The van der Waals surface area contributed by atoms with Gasteiger partial charge in [0.2, 0.25) is 5.56 Å². The van der Waals surface area contributed by atoms with Crippen LogP contribution < -0.4 is 10.9 Å². The topological polar surface area (TPSA) is 108 Å². The predicted octanol–water partition coefficient (Wildman–Crippen LogP) is 3.09. The van der Waals surface area contributed by atoms with Crippen molar-refractivity contribution in [1.29, 1.82) is 0 Å². The van der Waals surface area contributed by atoms with Gasteiger partial charge in [0.05, 0.1) is 5.56 Å². The fraction of sp³-hybridized carbons (Fsp3) is 0.235. The molecule has 1 aromatic carbocycles. The van der Waals surface area contributed by atoms with Crippen LogP contribution in [0.5, 0.6) is 0 Å². The summed E-state index contributed by atoms with van der Waals surface area (Å²) in [7, 11) is 0. The molecular formula is C17H18N2O5. The molecule has 0 aliphatic carbocycles. The molecule has 0 unspecified atom stereocenters. The summed E-state index contributed by atoms with van der Waals surface area (Å²) in [5, 5.41) is 11.8. The van der Waals surface area contributed by atoms with Crippen LogP contribution in [0.4, 0.5) is 10.5 Å². The van der Waals surface area contributed by atoms with Crippen LogP contribution in [0, 0.1) is 0 Å². The quantitative estimate of drug-likeness (QED) is 0.801. The van der Waals surface area contributed by atoms with Crippen molar-refractivity contribution in [3.05, 3.63) is 52.4 Å². The standard InChI is InChI=1S/C17H18N2O5/c1-17(2,3)24-16(23)19-11-6-4-10(5-7-11)13-9-18-14(20)8-12(13)15(21)22/h4-9H,1-3H3,(H,18,20)(H,19,23)(H,21,22). The second kappa shape index (κ2) is 6.57. The maximum atomic E-state index is 11.7. The maximum Gasteiger partial charge on any atom is 0.412 e. The molecule has 7 nitrogen and oxygen atoms in total. The van der Waals surface area contributed by atoms with E-state index in [1.165, 1.54) is 6.20 Å². The summed E-state index contributed by atoms with van der Waals surface area (Å²) in [6, 6.07) is 7.57. The summed E-state index contributed by atoms with van der Waals surface area (Å²) >= 11 is 0. The van der Waals surface area contributed by atoms with Crippen LogP contribution >= 0.6 is 0 Å². The Morgan fingerprint density at radius 3 is 2.33 bits per heavy atom. The fourth-order valence-corrected chi connectivity index (χ4v) is 2.04. The SMILES string of the molecule is CC(C)(C)OC(=O)Nc1ccc(-c2c[nH]c(=O)cc2C(=O)O)cc1. The molecule has 2 rings (SSSR count). The van der Waals surface area contributed by atoms with Gasteiger partial charge in [-0.15, -0.1) is 0 Å². The summed E-state index contributed by atoms with van der Waals surface area (Å²) in [6.07, 6.45) is 0.771. The summed E-state index contributed by atoms with van der Waals surface area (Å²) in [4.78, 5) is 36.7. The van der Waals surface area contributed by atoms with Crippen molar-refractivity contribution < 1.29 is 19.4 Å². The normalized spacial score (nSPS) is 11.0. The molecule has 126 valence electrons. The molecule has 0 spiro atoms. The Balaban J connectivity index is 2.23. The molecular weight excluding hydrogens is 312 g/mol. The Morgan fingerprint density at radius 2 is 1.79 bits per heavy atom. The van der Waals surface area contributed by atoms with Crippen molar-refractivity contribution in [2.75, 3.05) is 5.32 Å². The molecule has 0 saturated carbocycles. The Hall–Kier alpha value is -3.09. The molecule has 0 radical (unpaired) electrons. The van der Waals surface area contributed by atoms with Crippen LogP contribution in [0.1, 0.15) is 31.1 Å². The molecule has 2 aromatic rings. The number of nitrogens with one attached hydrogen (secondary N) is 2. The lowest BCUT2D eigenvalue weighted by atomic mass is 10.0. The lowest BCUT2D eigenvalue weighted by Gasteiger charge is -2.19. The molecule has 0 bridgehead atoms. The number of ether oxygens (including phenoxy) is 1. The second-order valence-electron chi connectivity index (χ2n) is 6.13. The van der Waals surface area contributed by atoms with E-state index in [-0.39, 0.29) is 5.56 Å². The van der Waals surface area contributed by atoms with Gasteiger partial charge in [0, 0.05) is 23.5 Å². The van der Waals surface area contributed by atoms with Crippen molar-refractivity contribution in [3.63, 3.8) is 0 Å². The van der Waals surface area contributed by atoms with Gasteiger partial charge in [-0.1, -0.05) is 12.1 Å². The molecule has 7 heteroatoms. The number of pyridine rings is 1. The van der Waals surface area contributed by atoms with Gasteiger partial charge in [0.15, 0.2) is 0 Å². The van der Waals surface area contributed by atoms with Gasteiger partial charge in [-0.3, -0.25) is 10.1 Å². The molecule has 0 aliphatic rings. The fourth-order valence-electron chi connectivity index (χ4n) is 2.04. The van der Waals surface area contributed by atoms with Crippen LogP contribution in [-0.4, -0.2) is 27.8 Å². The van der Waals surface area contributed by atoms with E-state index >= 15 is 0 Å². The number of amides is 1. The molecule has 0 atom stereocenters. The highest BCUT2D eigenvalue weighted by Crippen LogP contribution is 2.24. The van der Waals surface area contributed by atoms with Gasteiger partial charge in [0.25, 0.3) is 0 Å². The van der Waals surface area contributed by atoms with E-state index in [1.54, 1.807) is 45.0 Å². The molecule has 0 saturated heterocycles. The number of rotatable bonds is 3. The number of hydrogen-bond donors (Lipinski definition) is 3. The number of aromatic carboxylic acids is 1. The van der Waals surface area contributed by atoms with Gasteiger partial charge in [-0.05, 0) is 38.5 Å². The number of anilines is 1. The zero-order valence-corrected chi connectivity index (χ0v) is 13.5. The Morgan fingerprint density at radius 1 is 1.17 bits per heavy atom. The Bertz CT molecular complexity index is 816. The number of aromatic amines is 1. The molecule has 1 heterocycles. The number of carbonyl (C=O) groups excluding carboxylic acids is 1. The van der Waals surface area contributed by atoms with Crippen molar-refractivity contribution in [1.82, 2.24) is 4.98 Å². The minimum absolute atomic E-state index is 0.0911. The van der Waals surface area contributed by atoms with E-state index in [9.17, 15) is 19.5 Å². The van der Waals surface area contributed by atoms with Crippen LogP contribution in [0.3, 0.4) is 0 Å². The van der Waals surface area contributed by atoms with Gasteiger partial charge in [0.1, 0.15) is 5.60 Å². The molecule has 1 amide bonds. The lowest BCUT2D eigenvalue weighted by molar-refractivity contribution is 0.0634. The third-order valence-electron chi connectivity index (χ3n) is 3.00. The summed E-state index contributed by atoms with van der Waals surface area (Å²) in [6.45, 7) is 5.29. The Kier molecular flexibility index (Phi) is 4.73. The first-order valence-corrected chi connectivity index (χ1v) is 7.22. The lowest BCUT2D eigenvalue weighted by Crippen LogP contribution is -2.27.